The molecule has 0 spiro atoms. The number of carbonyl (C=O) groups is 1. The molecule has 1 aromatic carbocycles. The second-order valence-corrected chi connectivity index (χ2v) is 6.16. The van der Waals surface area contributed by atoms with Crippen molar-refractivity contribution in [2.45, 2.75) is 13.3 Å². The Kier molecular flexibility index (Phi) is 5.88. The van der Waals surface area contributed by atoms with E-state index in [0.29, 0.717) is 19.5 Å². The van der Waals surface area contributed by atoms with Gasteiger partial charge in [0.25, 0.3) is 0 Å². The summed E-state index contributed by atoms with van der Waals surface area (Å²) in [5.41, 5.74) is 0.923. The highest BCUT2D eigenvalue weighted by Gasteiger charge is 2.22. The smallest absolute Gasteiger partial charge is 0.227 e. The largest absolute Gasteiger partial charge is 0.496 e. The van der Waals surface area contributed by atoms with Gasteiger partial charge in [-0.25, -0.2) is 0 Å². The molecule has 3 rings (SSSR count). The number of carbonyl (C=O) groups excluding carboxylic acids is 1. The zero-order valence-electron chi connectivity index (χ0n) is 15.3. The third-order valence-electron chi connectivity index (χ3n) is 4.50. The number of amides is 1. The van der Waals surface area contributed by atoms with E-state index >= 15 is 0 Å². The molecule has 1 aliphatic rings. The van der Waals surface area contributed by atoms with Crippen LogP contribution in [0.4, 0.5) is 11.6 Å². The van der Waals surface area contributed by atoms with Crippen molar-refractivity contribution in [2.75, 3.05) is 50.1 Å². The van der Waals surface area contributed by atoms with Gasteiger partial charge >= 0.3 is 0 Å². The normalized spacial score (nSPS) is 14.2. The van der Waals surface area contributed by atoms with Crippen LogP contribution in [0.25, 0.3) is 0 Å². The Morgan fingerprint density at radius 2 is 1.88 bits per heavy atom. The summed E-state index contributed by atoms with van der Waals surface area (Å²) in [5.74, 6) is 2.52. The molecule has 0 saturated carbocycles. The SMILES string of the molecule is CCNc1ccc(N2CCN(C(=O)Cc3ccccc3OC)CC2)nn1. The van der Waals surface area contributed by atoms with Crippen molar-refractivity contribution in [1.29, 1.82) is 0 Å². The maximum absolute atomic E-state index is 12.6. The summed E-state index contributed by atoms with van der Waals surface area (Å²) in [5, 5.41) is 11.6. The quantitative estimate of drug-likeness (QED) is 0.852. The molecule has 7 heteroatoms. The molecule has 2 aromatic rings. The van der Waals surface area contributed by atoms with Gasteiger partial charge in [0.15, 0.2) is 5.82 Å². The molecular formula is C19H25N5O2. The van der Waals surface area contributed by atoms with E-state index in [9.17, 15) is 4.79 Å². The minimum Gasteiger partial charge on any atom is -0.496 e. The van der Waals surface area contributed by atoms with E-state index in [-0.39, 0.29) is 5.91 Å². The molecule has 26 heavy (non-hydrogen) atoms. The molecule has 0 aliphatic carbocycles. The van der Waals surface area contributed by atoms with Gasteiger partial charge in [0, 0.05) is 38.3 Å². The van der Waals surface area contributed by atoms with Gasteiger partial charge in [-0.15, -0.1) is 10.2 Å². The zero-order valence-corrected chi connectivity index (χ0v) is 15.3. The van der Waals surface area contributed by atoms with Gasteiger partial charge in [0.1, 0.15) is 11.6 Å². The maximum atomic E-state index is 12.6. The Labute approximate surface area is 154 Å². The summed E-state index contributed by atoms with van der Waals surface area (Å²) < 4.78 is 5.34. The van der Waals surface area contributed by atoms with Crippen molar-refractivity contribution in [3.05, 3.63) is 42.0 Å². The van der Waals surface area contributed by atoms with Gasteiger partial charge in [-0.3, -0.25) is 4.79 Å². The molecule has 0 atom stereocenters. The number of hydrogen-bond donors (Lipinski definition) is 1. The molecule has 0 radical (unpaired) electrons. The molecule has 1 aromatic heterocycles. The maximum Gasteiger partial charge on any atom is 0.227 e. The van der Waals surface area contributed by atoms with Gasteiger partial charge in [-0.05, 0) is 25.1 Å². The van der Waals surface area contributed by atoms with Crippen molar-refractivity contribution >= 4 is 17.5 Å². The number of nitrogens with zero attached hydrogens (tertiary/aromatic N) is 4. The van der Waals surface area contributed by atoms with Gasteiger partial charge in [0.05, 0.1) is 13.5 Å². The van der Waals surface area contributed by atoms with Gasteiger partial charge < -0.3 is 19.9 Å². The van der Waals surface area contributed by atoms with Gasteiger partial charge in [0.2, 0.25) is 5.91 Å². The second-order valence-electron chi connectivity index (χ2n) is 6.16. The highest BCUT2D eigenvalue weighted by molar-refractivity contribution is 5.79. The number of rotatable bonds is 6. The summed E-state index contributed by atoms with van der Waals surface area (Å²) in [6.45, 7) is 5.73. The monoisotopic (exact) mass is 355 g/mol. The van der Waals surface area contributed by atoms with Gasteiger partial charge in [-0.2, -0.15) is 0 Å². The summed E-state index contributed by atoms with van der Waals surface area (Å²) in [7, 11) is 1.63. The molecule has 0 bridgehead atoms. The van der Waals surface area contributed by atoms with Crippen molar-refractivity contribution < 1.29 is 9.53 Å². The number of benzene rings is 1. The fourth-order valence-corrected chi connectivity index (χ4v) is 3.08. The predicted octanol–water partition coefficient (Wildman–Crippen LogP) is 1.81. The summed E-state index contributed by atoms with van der Waals surface area (Å²) in [4.78, 5) is 16.7. The minimum absolute atomic E-state index is 0.128. The average Bonchev–Trinajstić information content (AvgIpc) is 2.69. The first-order valence-corrected chi connectivity index (χ1v) is 8.93. The molecule has 138 valence electrons. The number of ether oxygens (including phenoxy) is 1. The van der Waals surface area contributed by atoms with E-state index < -0.39 is 0 Å². The molecule has 1 amide bonds. The molecule has 1 aliphatic heterocycles. The number of piperazine rings is 1. The molecular weight excluding hydrogens is 330 g/mol. The van der Waals surface area contributed by atoms with Crippen LogP contribution >= 0.6 is 0 Å². The fraction of sp³-hybridized carbons (Fsp3) is 0.421. The lowest BCUT2D eigenvalue weighted by Gasteiger charge is -2.35. The molecule has 0 unspecified atom stereocenters. The Hall–Kier alpha value is -2.83. The van der Waals surface area contributed by atoms with Crippen LogP contribution in [0.2, 0.25) is 0 Å². The predicted molar refractivity (Wildman–Crippen MR) is 102 cm³/mol. The van der Waals surface area contributed by atoms with Crippen LogP contribution in [-0.2, 0) is 11.2 Å². The number of nitrogens with one attached hydrogen (secondary N) is 1. The minimum atomic E-state index is 0.128. The van der Waals surface area contributed by atoms with Crippen molar-refractivity contribution in [3.63, 3.8) is 0 Å². The summed E-state index contributed by atoms with van der Waals surface area (Å²) >= 11 is 0. The number of para-hydroxylation sites is 1. The topological polar surface area (TPSA) is 70.6 Å². The molecule has 1 fully saturated rings. The lowest BCUT2D eigenvalue weighted by molar-refractivity contribution is -0.130. The van der Waals surface area contributed by atoms with Crippen LogP contribution in [-0.4, -0.2) is 60.8 Å². The van der Waals surface area contributed by atoms with E-state index in [2.05, 4.69) is 20.4 Å². The lowest BCUT2D eigenvalue weighted by atomic mass is 10.1. The first-order chi connectivity index (χ1) is 12.7. The zero-order chi connectivity index (χ0) is 18.4. The fourth-order valence-electron chi connectivity index (χ4n) is 3.08. The van der Waals surface area contributed by atoms with Crippen molar-refractivity contribution in [1.82, 2.24) is 15.1 Å². The Bertz CT molecular complexity index is 727. The third-order valence-corrected chi connectivity index (χ3v) is 4.50. The van der Waals surface area contributed by atoms with Crippen LogP contribution < -0.4 is 15.0 Å². The van der Waals surface area contributed by atoms with Crippen molar-refractivity contribution in [2.24, 2.45) is 0 Å². The average molecular weight is 355 g/mol. The molecule has 2 heterocycles. The Morgan fingerprint density at radius 1 is 1.12 bits per heavy atom. The van der Waals surface area contributed by atoms with Crippen LogP contribution in [0, 0.1) is 0 Å². The Balaban J connectivity index is 1.55. The van der Waals surface area contributed by atoms with Crippen LogP contribution in [0.5, 0.6) is 5.75 Å². The number of anilines is 2. The van der Waals surface area contributed by atoms with E-state index in [1.807, 2.05) is 48.2 Å². The van der Waals surface area contributed by atoms with Gasteiger partial charge in [-0.1, -0.05) is 18.2 Å². The first-order valence-electron chi connectivity index (χ1n) is 8.93. The Morgan fingerprint density at radius 3 is 2.54 bits per heavy atom. The second kappa shape index (κ2) is 8.51. The van der Waals surface area contributed by atoms with Crippen LogP contribution in [0.1, 0.15) is 12.5 Å². The highest BCUT2D eigenvalue weighted by atomic mass is 16.5. The number of hydrogen-bond acceptors (Lipinski definition) is 6. The van der Waals surface area contributed by atoms with E-state index in [0.717, 1.165) is 42.6 Å². The molecule has 1 saturated heterocycles. The summed E-state index contributed by atoms with van der Waals surface area (Å²) in [6, 6.07) is 11.6. The highest BCUT2D eigenvalue weighted by Crippen LogP contribution is 2.19. The molecule has 7 nitrogen and oxygen atoms in total. The number of aromatic nitrogens is 2. The first kappa shape index (κ1) is 18.0. The lowest BCUT2D eigenvalue weighted by Crippen LogP contribution is -2.49. The summed E-state index contributed by atoms with van der Waals surface area (Å²) in [6.07, 6.45) is 0.362. The third kappa shape index (κ3) is 4.22. The van der Waals surface area contributed by atoms with E-state index in [1.54, 1.807) is 7.11 Å². The van der Waals surface area contributed by atoms with Crippen LogP contribution in [0.3, 0.4) is 0 Å². The standard InChI is InChI=1S/C19H25N5O2/c1-3-20-17-8-9-18(22-21-17)23-10-12-24(13-11-23)19(25)14-15-6-4-5-7-16(15)26-2/h4-9H,3,10-14H2,1-2H3,(H,20,21). The molecule has 1 N–H and O–H groups in total. The van der Waals surface area contributed by atoms with Crippen molar-refractivity contribution in [3.8, 4) is 5.75 Å². The van der Waals surface area contributed by atoms with E-state index in [1.165, 1.54) is 0 Å². The number of methoxy groups -OCH3 is 1. The van der Waals surface area contributed by atoms with E-state index in [4.69, 9.17) is 4.74 Å². The van der Waals surface area contributed by atoms with Crippen LogP contribution in [0.15, 0.2) is 36.4 Å².